The highest BCUT2D eigenvalue weighted by molar-refractivity contribution is 5.69. The maximum Gasteiger partial charge on any atom is 0.305 e. The predicted molar refractivity (Wildman–Crippen MR) is 44.6 cm³/mol. The highest BCUT2D eigenvalue weighted by atomic mass is 16.5. The van der Waals surface area contributed by atoms with Crippen LogP contribution in [0, 0.1) is 0 Å². The summed E-state index contributed by atoms with van der Waals surface area (Å²) in [7, 11) is 1.40. The zero-order chi connectivity index (χ0) is 8.81. The molecule has 1 aromatic rings. The Hall–Kier alpha value is -1.38. The van der Waals surface area contributed by atoms with Gasteiger partial charge in [0.25, 0.3) is 0 Å². The lowest BCUT2D eigenvalue weighted by Crippen LogP contribution is -2.01. The molecule has 1 aromatic heterocycles. The molecule has 0 radical (unpaired) electrons. The lowest BCUT2D eigenvalue weighted by Gasteiger charge is -1.98. The van der Waals surface area contributed by atoms with Crippen molar-refractivity contribution in [2.45, 2.75) is 12.8 Å². The smallest absolute Gasteiger partial charge is 0.305 e. The fraction of sp³-hybridized carbons (Fsp3) is 0.333. The number of carbonyl (C=O) groups is 1. The van der Waals surface area contributed by atoms with Gasteiger partial charge in [-0.15, -0.1) is 0 Å². The number of hydrogen-bond donors (Lipinski definition) is 0. The molecule has 1 heterocycles. The lowest BCUT2D eigenvalue weighted by atomic mass is 10.1. The number of aryl methyl sites for hydroxylation is 1. The van der Waals surface area contributed by atoms with Gasteiger partial charge in [0.2, 0.25) is 0 Å². The van der Waals surface area contributed by atoms with Gasteiger partial charge in [-0.1, -0.05) is 0 Å². The molecule has 0 N–H and O–H groups in total. The Morgan fingerprint density at radius 3 is 2.75 bits per heavy atom. The fourth-order valence-corrected chi connectivity index (χ4v) is 0.898. The predicted octanol–water partition coefficient (Wildman–Crippen LogP) is 1.19. The minimum absolute atomic E-state index is 0.174. The number of ether oxygens (including phenoxy) is 1. The maximum atomic E-state index is 10.7. The van der Waals surface area contributed by atoms with Crippen LogP contribution >= 0.6 is 0 Å². The lowest BCUT2D eigenvalue weighted by molar-refractivity contribution is -0.140. The van der Waals surface area contributed by atoms with Crippen LogP contribution in [-0.4, -0.2) is 18.1 Å². The number of esters is 1. The van der Waals surface area contributed by atoms with Crippen LogP contribution in [0.15, 0.2) is 24.5 Å². The average Bonchev–Trinajstić information content (AvgIpc) is 2.16. The third-order valence-corrected chi connectivity index (χ3v) is 1.59. The summed E-state index contributed by atoms with van der Waals surface area (Å²) in [4.78, 5) is 14.6. The quantitative estimate of drug-likeness (QED) is 0.631. The van der Waals surface area contributed by atoms with E-state index in [1.807, 2.05) is 12.1 Å². The second kappa shape index (κ2) is 4.49. The molecule has 3 heteroatoms. The molecule has 0 saturated carbocycles. The van der Waals surface area contributed by atoms with Crippen LogP contribution in [0.25, 0.3) is 0 Å². The van der Waals surface area contributed by atoms with Crippen LogP contribution in [0.4, 0.5) is 0 Å². The number of hydrogen-bond acceptors (Lipinski definition) is 3. The van der Waals surface area contributed by atoms with Crippen LogP contribution in [0.5, 0.6) is 0 Å². The number of pyridine rings is 1. The molecule has 12 heavy (non-hydrogen) atoms. The van der Waals surface area contributed by atoms with Crippen LogP contribution in [-0.2, 0) is 16.0 Å². The minimum Gasteiger partial charge on any atom is -0.469 e. The summed E-state index contributed by atoms with van der Waals surface area (Å²) in [6.45, 7) is 0. The van der Waals surface area contributed by atoms with Gasteiger partial charge in [-0.05, 0) is 24.1 Å². The molecular formula is C9H11NO2. The van der Waals surface area contributed by atoms with Crippen molar-refractivity contribution in [2.75, 3.05) is 7.11 Å². The highest BCUT2D eigenvalue weighted by Gasteiger charge is 1.99. The maximum absolute atomic E-state index is 10.7. The molecule has 0 bridgehead atoms. The molecule has 0 aromatic carbocycles. The van der Waals surface area contributed by atoms with Crippen molar-refractivity contribution < 1.29 is 9.53 Å². The molecule has 0 fully saturated rings. The first-order chi connectivity index (χ1) is 5.83. The van der Waals surface area contributed by atoms with Gasteiger partial charge in [0, 0.05) is 18.8 Å². The number of rotatable bonds is 3. The second-order valence-corrected chi connectivity index (χ2v) is 2.43. The average molecular weight is 165 g/mol. The Bertz CT molecular complexity index is 246. The van der Waals surface area contributed by atoms with Gasteiger partial charge in [-0.25, -0.2) is 0 Å². The zero-order valence-corrected chi connectivity index (χ0v) is 6.99. The molecule has 0 aliphatic heterocycles. The molecule has 0 spiro atoms. The monoisotopic (exact) mass is 165 g/mol. The van der Waals surface area contributed by atoms with E-state index >= 15 is 0 Å². The molecule has 64 valence electrons. The third kappa shape index (κ3) is 2.70. The van der Waals surface area contributed by atoms with Crippen molar-refractivity contribution in [2.24, 2.45) is 0 Å². The Morgan fingerprint density at radius 2 is 2.17 bits per heavy atom. The summed E-state index contributed by atoms with van der Waals surface area (Å²) in [5.41, 5.74) is 1.11. The van der Waals surface area contributed by atoms with E-state index < -0.39 is 0 Å². The minimum atomic E-state index is -0.174. The van der Waals surface area contributed by atoms with E-state index in [2.05, 4.69) is 9.72 Å². The van der Waals surface area contributed by atoms with Gasteiger partial charge in [0.1, 0.15) is 0 Å². The first-order valence-electron chi connectivity index (χ1n) is 3.78. The van der Waals surface area contributed by atoms with Crippen molar-refractivity contribution in [3.63, 3.8) is 0 Å². The summed E-state index contributed by atoms with van der Waals surface area (Å²) in [5.74, 6) is -0.174. The Morgan fingerprint density at radius 1 is 1.50 bits per heavy atom. The summed E-state index contributed by atoms with van der Waals surface area (Å²) in [6, 6.07) is 3.78. The Balaban J connectivity index is 2.38. The normalized spacial score (nSPS) is 9.42. The Kier molecular flexibility index (Phi) is 3.26. The van der Waals surface area contributed by atoms with Gasteiger partial charge in [-0.2, -0.15) is 0 Å². The first kappa shape index (κ1) is 8.71. The van der Waals surface area contributed by atoms with E-state index in [0.29, 0.717) is 6.42 Å². The molecule has 0 saturated heterocycles. The van der Waals surface area contributed by atoms with Gasteiger partial charge in [-0.3, -0.25) is 9.78 Å². The topological polar surface area (TPSA) is 39.2 Å². The summed E-state index contributed by atoms with van der Waals surface area (Å²) >= 11 is 0. The SMILES string of the molecule is COC(=O)CCc1ccncc1. The summed E-state index contributed by atoms with van der Waals surface area (Å²) < 4.78 is 4.52. The van der Waals surface area contributed by atoms with Crippen molar-refractivity contribution >= 4 is 5.97 Å². The number of methoxy groups -OCH3 is 1. The van der Waals surface area contributed by atoms with Crippen molar-refractivity contribution in [3.8, 4) is 0 Å². The first-order valence-corrected chi connectivity index (χ1v) is 3.78. The molecule has 0 amide bonds. The van der Waals surface area contributed by atoms with Crippen LogP contribution in [0.3, 0.4) is 0 Å². The molecule has 0 unspecified atom stereocenters. The number of nitrogens with zero attached hydrogens (tertiary/aromatic N) is 1. The van der Waals surface area contributed by atoms with Crippen LogP contribution in [0.2, 0.25) is 0 Å². The van der Waals surface area contributed by atoms with Crippen LogP contribution < -0.4 is 0 Å². The van der Waals surface area contributed by atoms with E-state index in [1.165, 1.54) is 7.11 Å². The second-order valence-electron chi connectivity index (χ2n) is 2.43. The van der Waals surface area contributed by atoms with Gasteiger partial charge in [0.15, 0.2) is 0 Å². The summed E-state index contributed by atoms with van der Waals surface area (Å²) in [6.07, 6.45) is 4.58. The van der Waals surface area contributed by atoms with E-state index in [0.717, 1.165) is 12.0 Å². The summed E-state index contributed by atoms with van der Waals surface area (Å²) in [5, 5.41) is 0. The largest absolute Gasteiger partial charge is 0.469 e. The molecule has 3 nitrogen and oxygen atoms in total. The Labute approximate surface area is 71.4 Å². The number of aromatic nitrogens is 1. The van der Waals surface area contributed by atoms with Crippen molar-refractivity contribution in [1.82, 2.24) is 4.98 Å². The fourth-order valence-electron chi connectivity index (χ4n) is 0.898. The van der Waals surface area contributed by atoms with E-state index in [4.69, 9.17) is 0 Å². The molecule has 0 aliphatic carbocycles. The molecule has 1 rings (SSSR count). The third-order valence-electron chi connectivity index (χ3n) is 1.59. The zero-order valence-electron chi connectivity index (χ0n) is 6.99. The highest BCUT2D eigenvalue weighted by Crippen LogP contribution is 2.00. The van der Waals surface area contributed by atoms with Gasteiger partial charge >= 0.3 is 5.97 Å². The standard InChI is InChI=1S/C9H11NO2/c1-12-9(11)3-2-8-4-6-10-7-5-8/h4-7H,2-3H2,1H3. The molecular weight excluding hydrogens is 154 g/mol. The molecule has 0 atom stereocenters. The van der Waals surface area contributed by atoms with E-state index in [-0.39, 0.29) is 5.97 Å². The molecule has 0 aliphatic rings. The van der Waals surface area contributed by atoms with Crippen molar-refractivity contribution in [3.05, 3.63) is 30.1 Å². The van der Waals surface area contributed by atoms with Gasteiger partial charge in [0.05, 0.1) is 7.11 Å². The van der Waals surface area contributed by atoms with Gasteiger partial charge < -0.3 is 4.74 Å². The van der Waals surface area contributed by atoms with E-state index in [9.17, 15) is 4.79 Å². The van der Waals surface area contributed by atoms with E-state index in [1.54, 1.807) is 12.4 Å². The number of carbonyl (C=O) groups excluding carboxylic acids is 1. The van der Waals surface area contributed by atoms with Crippen molar-refractivity contribution in [1.29, 1.82) is 0 Å². The van der Waals surface area contributed by atoms with Crippen LogP contribution in [0.1, 0.15) is 12.0 Å².